The van der Waals surface area contributed by atoms with Gasteiger partial charge in [0.15, 0.2) is 0 Å². The van der Waals surface area contributed by atoms with E-state index in [2.05, 4.69) is 10.4 Å². The van der Waals surface area contributed by atoms with Crippen molar-refractivity contribution < 1.29 is 4.74 Å². The Morgan fingerprint density at radius 2 is 2.05 bits per heavy atom. The molecular weight excluding hydrogens is 274 g/mol. The van der Waals surface area contributed by atoms with Crippen molar-refractivity contribution in [3.8, 4) is 5.75 Å². The van der Waals surface area contributed by atoms with Crippen molar-refractivity contribution in [3.05, 3.63) is 46.7 Å². The maximum absolute atomic E-state index is 6.19. The molecule has 0 saturated carbocycles. The zero-order valence-corrected chi connectivity index (χ0v) is 12.7. The first-order valence-corrected chi connectivity index (χ1v) is 7.13. The Labute approximate surface area is 124 Å². The lowest BCUT2D eigenvalue weighted by atomic mass is 10.3. The van der Waals surface area contributed by atoms with Gasteiger partial charge in [0.1, 0.15) is 5.75 Å². The molecular formula is C15H20ClN3O. The Morgan fingerprint density at radius 3 is 2.70 bits per heavy atom. The normalized spacial score (nSPS) is 10.8. The number of nitrogens with one attached hydrogen (secondary N) is 1. The fourth-order valence-corrected chi connectivity index (χ4v) is 2.21. The average molecular weight is 294 g/mol. The van der Waals surface area contributed by atoms with Gasteiger partial charge in [-0.25, -0.2) is 0 Å². The van der Waals surface area contributed by atoms with E-state index in [9.17, 15) is 0 Å². The number of hydrogen-bond donors (Lipinski definition) is 1. The second kappa shape index (κ2) is 7.31. The molecule has 5 heteroatoms. The molecule has 1 N–H and O–H groups in total. The number of para-hydroxylation sites is 1. The first-order valence-electron chi connectivity index (χ1n) is 6.75. The van der Waals surface area contributed by atoms with Crippen LogP contribution in [0.5, 0.6) is 5.75 Å². The summed E-state index contributed by atoms with van der Waals surface area (Å²) in [6, 6.07) is 9.85. The number of hydrogen-bond acceptors (Lipinski definition) is 3. The maximum atomic E-state index is 6.19. The summed E-state index contributed by atoms with van der Waals surface area (Å²) in [6.07, 6.45) is 0.948. The van der Waals surface area contributed by atoms with Gasteiger partial charge < -0.3 is 10.1 Å². The Kier molecular flexibility index (Phi) is 5.44. The second-order valence-corrected chi connectivity index (χ2v) is 5.04. The summed E-state index contributed by atoms with van der Waals surface area (Å²) < 4.78 is 7.45. The summed E-state index contributed by atoms with van der Waals surface area (Å²) >= 11 is 6.19. The molecule has 0 aliphatic rings. The number of rotatable bonds is 7. The van der Waals surface area contributed by atoms with Crippen LogP contribution in [-0.4, -0.2) is 22.9 Å². The Balaban J connectivity index is 1.64. The van der Waals surface area contributed by atoms with Gasteiger partial charge in [0, 0.05) is 13.6 Å². The highest BCUT2D eigenvalue weighted by Gasteiger charge is 2.09. The Morgan fingerprint density at radius 1 is 1.30 bits per heavy atom. The monoisotopic (exact) mass is 293 g/mol. The molecule has 0 saturated heterocycles. The minimum absolute atomic E-state index is 0.704. The topological polar surface area (TPSA) is 39.1 Å². The molecule has 4 nitrogen and oxygen atoms in total. The van der Waals surface area contributed by atoms with E-state index in [1.54, 1.807) is 0 Å². The van der Waals surface area contributed by atoms with Crippen LogP contribution in [0.3, 0.4) is 0 Å². The van der Waals surface area contributed by atoms with Crippen LogP contribution in [0.15, 0.2) is 30.3 Å². The van der Waals surface area contributed by atoms with Gasteiger partial charge in [-0.1, -0.05) is 29.8 Å². The van der Waals surface area contributed by atoms with Crippen molar-refractivity contribution in [1.82, 2.24) is 15.1 Å². The lowest BCUT2D eigenvalue weighted by Gasteiger charge is -2.07. The molecule has 1 aromatic carbocycles. The van der Waals surface area contributed by atoms with Gasteiger partial charge in [0.2, 0.25) is 0 Å². The number of halogens is 1. The summed E-state index contributed by atoms with van der Waals surface area (Å²) in [5.74, 6) is 0.915. The quantitative estimate of drug-likeness (QED) is 0.798. The van der Waals surface area contributed by atoms with Gasteiger partial charge >= 0.3 is 0 Å². The van der Waals surface area contributed by atoms with Crippen LogP contribution < -0.4 is 10.1 Å². The van der Waals surface area contributed by atoms with E-state index < -0.39 is 0 Å². The van der Waals surface area contributed by atoms with Crippen molar-refractivity contribution >= 4 is 11.6 Å². The minimum Gasteiger partial charge on any atom is -0.494 e. The molecule has 20 heavy (non-hydrogen) atoms. The van der Waals surface area contributed by atoms with Crippen LogP contribution in [0.2, 0.25) is 5.02 Å². The summed E-state index contributed by atoms with van der Waals surface area (Å²) in [5.41, 5.74) is 1.89. The summed E-state index contributed by atoms with van der Waals surface area (Å²) in [5, 5.41) is 8.39. The molecule has 0 bridgehead atoms. The molecule has 108 valence electrons. The molecule has 0 atom stereocenters. The summed E-state index contributed by atoms with van der Waals surface area (Å²) in [4.78, 5) is 0. The predicted molar refractivity (Wildman–Crippen MR) is 81.2 cm³/mol. The first-order chi connectivity index (χ1) is 9.68. The van der Waals surface area contributed by atoms with Gasteiger partial charge in [-0.3, -0.25) is 4.68 Å². The van der Waals surface area contributed by atoms with Crippen LogP contribution in [0.25, 0.3) is 0 Å². The zero-order valence-electron chi connectivity index (χ0n) is 11.9. The standard InChI is InChI=1S/C15H20ClN3O/c1-12-15(16)14(19(2)18-12)11-17-9-6-10-20-13-7-4-3-5-8-13/h3-5,7-8,17H,6,9-11H2,1-2H3. The van der Waals surface area contributed by atoms with Gasteiger partial charge in [-0.15, -0.1) is 0 Å². The smallest absolute Gasteiger partial charge is 0.119 e. The van der Waals surface area contributed by atoms with E-state index in [1.807, 2.05) is 49.0 Å². The number of nitrogens with zero attached hydrogens (tertiary/aromatic N) is 2. The highest BCUT2D eigenvalue weighted by Crippen LogP contribution is 2.18. The SMILES string of the molecule is Cc1nn(C)c(CNCCCOc2ccccc2)c1Cl. The van der Waals surface area contributed by atoms with Crippen LogP contribution in [0.4, 0.5) is 0 Å². The lowest BCUT2D eigenvalue weighted by molar-refractivity contribution is 0.308. The van der Waals surface area contributed by atoms with E-state index in [0.29, 0.717) is 6.61 Å². The highest BCUT2D eigenvalue weighted by atomic mass is 35.5. The zero-order chi connectivity index (χ0) is 14.4. The number of benzene rings is 1. The molecule has 0 aliphatic heterocycles. The molecule has 1 aromatic heterocycles. The van der Waals surface area contributed by atoms with Crippen molar-refractivity contribution in [2.24, 2.45) is 7.05 Å². The van der Waals surface area contributed by atoms with Crippen LogP contribution in [0.1, 0.15) is 17.8 Å². The lowest BCUT2D eigenvalue weighted by Crippen LogP contribution is -2.19. The van der Waals surface area contributed by atoms with Crippen molar-refractivity contribution in [1.29, 1.82) is 0 Å². The van der Waals surface area contributed by atoms with Crippen LogP contribution >= 0.6 is 11.6 Å². The third-order valence-corrected chi connectivity index (χ3v) is 3.56. The molecule has 0 spiro atoms. The van der Waals surface area contributed by atoms with Crippen molar-refractivity contribution in [2.45, 2.75) is 19.9 Å². The number of aryl methyl sites for hydroxylation is 2. The van der Waals surface area contributed by atoms with Gasteiger partial charge in [-0.05, 0) is 32.0 Å². The average Bonchev–Trinajstić information content (AvgIpc) is 2.69. The van der Waals surface area contributed by atoms with E-state index >= 15 is 0 Å². The summed E-state index contributed by atoms with van der Waals surface area (Å²) in [7, 11) is 1.91. The molecule has 0 unspecified atom stereocenters. The highest BCUT2D eigenvalue weighted by molar-refractivity contribution is 6.31. The predicted octanol–water partition coefficient (Wildman–Crippen LogP) is 2.94. The summed E-state index contributed by atoms with van der Waals surface area (Å²) in [6.45, 7) is 4.23. The van der Waals surface area contributed by atoms with E-state index in [0.717, 1.165) is 41.7 Å². The van der Waals surface area contributed by atoms with Crippen molar-refractivity contribution in [3.63, 3.8) is 0 Å². The molecule has 0 amide bonds. The third-order valence-electron chi connectivity index (χ3n) is 3.06. The molecule has 2 rings (SSSR count). The van der Waals surface area contributed by atoms with Gasteiger partial charge in [0.05, 0.1) is 23.0 Å². The molecule has 0 aliphatic carbocycles. The van der Waals surface area contributed by atoms with Crippen LogP contribution in [0, 0.1) is 6.92 Å². The number of ether oxygens (including phenoxy) is 1. The molecule has 1 heterocycles. The maximum Gasteiger partial charge on any atom is 0.119 e. The van der Waals surface area contributed by atoms with E-state index in [-0.39, 0.29) is 0 Å². The van der Waals surface area contributed by atoms with Gasteiger partial charge in [0.25, 0.3) is 0 Å². The molecule has 0 radical (unpaired) electrons. The molecule has 0 fully saturated rings. The minimum atomic E-state index is 0.704. The Bertz CT molecular complexity index is 540. The Hall–Kier alpha value is -1.52. The van der Waals surface area contributed by atoms with Gasteiger partial charge in [-0.2, -0.15) is 5.10 Å². The van der Waals surface area contributed by atoms with E-state index in [1.165, 1.54) is 0 Å². The molecule has 2 aromatic rings. The fraction of sp³-hybridized carbons (Fsp3) is 0.400. The number of aromatic nitrogens is 2. The van der Waals surface area contributed by atoms with E-state index in [4.69, 9.17) is 16.3 Å². The van der Waals surface area contributed by atoms with Crippen molar-refractivity contribution in [2.75, 3.05) is 13.2 Å². The first kappa shape index (κ1) is 14.9. The fourth-order valence-electron chi connectivity index (χ4n) is 1.98. The largest absolute Gasteiger partial charge is 0.494 e. The van der Waals surface area contributed by atoms with Crippen LogP contribution in [-0.2, 0) is 13.6 Å². The second-order valence-electron chi connectivity index (χ2n) is 4.66. The third kappa shape index (κ3) is 3.99.